The van der Waals surface area contributed by atoms with Crippen molar-refractivity contribution in [2.24, 2.45) is 5.92 Å². The van der Waals surface area contributed by atoms with E-state index in [4.69, 9.17) is 4.74 Å². The molecule has 0 bridgehead atoms. The minimum Gasteiger partial charge on any atom is -0.469 e. The van der Waals surface area contributed by atoms with Crippen LogP contribution in [0.4, 0.5) is 0 Å². The number of likely N-dealkylation sites (tertiary alicyclic amines) is 1. The number of ether oxygens (including phenoxy) is 1. The summed E-state index contributed by atoms with van der Waals surface area (Å²) in [6.07, 6.45) is 2.05. The van der Waals surface area contributed by atoms with Crippen molar-refractivity contribution in [2.45, 2.75) is 26.2 Å². The standard InChI is InChI=1S/C17H21N5O3/c1-12-18-19-20-22(12)15-5-3-4-14(11-15)17(24)21-8-6-13(7-9-21)10-16(23)25-2/h3-5,11,13H,6-10H2,1-2H3. The van der Waals surface area contributed by atoms with Gasteiger partial charge in [-0.2, -0.15) is 4.68 Å². The number of hydrogen-bond donors (Lipinski definition) is 0. The summed E-state index contributed by atoms with van der Waals surface area (Å²) in [5, 5.41) is 11.4. The Morgan fingerprint density at radius 3 is 2.68 bits per heavy atom. The van der Waals surface area contributed by atoms with Crippen LogP contribution in [0.2, 0.25) is 0 Å². The fourth-order valence-electron chi connectivity index (χ4n) is 3.08. The zero-order valence-electron chi connectivity index (χ0n) is 14.4. The van der Waals surface area contributed by atoms with Crippen LogP contribution in [0.5, 0.6) is 0 Å². The molecule has 8 heteroatoms. The molecular weight excluding hydrogens is 322 g/mol. The second-order valence-corrected chi connectivity index (χ2v) is 6.20. The monoisotopic (exact) mass is 343 g/mol. The Labute approximate surface area is 145 Å². The van der Waals surface area contributed by atoms with Crippen LogP contribution in [-0.4, -0.2) is 57.2 Å². The predicted octanol–water partition coefficient (Wildman–Crippen LogP) is 1.39. The van der Waals surface area contributed by atoms with Gasteiger partial charge in [0.1, 0.15) is 0 Å². The van der Waals surface area contributed by atoms with Crippen LogP contribution in [0, 0.1) is 12.8 Å². The van der Waals surface area contributed by atoms with Gasteiger partial charge < -0.3 is 9.64 Å². The number of carbonyl (C=O) groups excluding carboxylic acids is 2. The van der Waals surface area contributed by atoms with Crippen LogP contribution >= 0.6 is 0 Å². The van der Waals surface area contributed by atoms with Gasteiger partial charge >= 0.3 is 5.97 Å². The minimum absolute atomic E-state index is 0.0101. The smallest absolute Gasteiger partial charge is 0.305 e. The molecule has 1 amide bonds. The van der Waals surface area contributed by atoms with Gasteiger partial charge in [0.25, 0.3) is 5.91 Å². The Morgan fingerprint density at radius 2 is 2.04 bits per heavy atom. The minimum atomic E-state index is -0.186. The first-order valence-electron chi connectivity index (χ1n) is 8.30. The van der Waals surface area contributed by atoms with Crippen molar-refractivity contribution in [3.05, 3.63) is 35.7 Å². The molecule has 0 spiro atoms. The summed E-state index contributed by atoms with van der Waals surface area (Å²) in [4.78, 5) is 26.0. The third kappa shape index (κ3) is 3.84. The van der Waals surface area contributed by atoms with Crippen LogP contribution in [-0.2, 0) is 9.53 Å². The molecule has 1 aromatic heterocycles. The molecule has 0 saturated carbocycles. The molecule has 3 rings (SSSR count). The maximum atomic E-state index is 12.8. The molecule has 0 atom stereocenters. The van der Waals surface area contributed by atoms with Crippen molar-refractivity contribution in [1.82, 2.24) is 25.1 Å². The summed E-state index contributed by atoms with van der Waals surface area (Å²) in [6, 6.07) is 7.29. The first kappa shape index (κ1) is 17.1. The van der Waals surface area contributed by atoms with Gasteiger partial charge in [-0.25, -0.2) is 0 Å². The molecule has 0 unspecified atom stereocenters. The number of tetrazole rings is 1. The van der Waals surface area contributed by atoms with E-state index in [1.165, 1.54) is 7.11 Å². The van der Waals surface area contributed by atoms with Crippen molar-refractivity contribution in [2.75, 3.05) is 20.2 Å². The molecule has 2 aromatic rings. The first-order valence-corrected chi connectivity index (χ1v) is 8.30. The Kier molecular flexibility index (Phi) is 5.06. The third-order valence-electron chi connectivity index (χ3n) is 4.55. The number of aromatic nitrogens is 4. The summed E-state index contributed by atoms with van der Waals surface area (Å²) in [7, 11) is 1.40. The highest BCUT2D eigenvalue weighted by atomic mass is 16.5. The quantitative estimate of drug-likeness (QED) is 0.779. The van der Waals surface area contributed by atoms with Gasteiger partial charge in [0.2, 0.25) is 0 Å². The van der Waals surface area contributed by atoms with E-state index in [1.807, 2.05) is 17.0 Å². The number of rotatable bonds is 4. The molecule has 0 aliphatic carbocycles. The fourth-order valence-corrected chi connectivity index (χ4v) is 3.08. The summed E-state index contributed by atoms with van der Waals surface area (Å²) in [6.45, 7) is 3.10. The summed E-state index contributed by atoms with van der Waals surface area (Å²) in [5.41, 5.74) is 1.37. The molecule has 0 N–H and O–H groups in total. The van der Waals surface area contributed by atoms with Crippen molar-refractivity contribution < 1.29 is 14.3 Å². The normalized spacial score (nSPS) is 15.2. The number of methoxy groups -OCH3 is 1. The zero-order chi connectivity index (χ0) is 17.8. The molecule has 8 nitrogen and oxygen atoms in total. The van der Waals surface area contributed by atoms with Crippen LogP contribution in [0.1, 0.15) is 35.4 Å². The summed E-state index contributed by atoms with van der Waals surface area (Å²) in [5.74, 6) is 0.748. The van der Waals surface area contributed by atoms with Gasteiger partial charge in [0.05, 0.1) is 12.8 Å². The zero-order valence-corrected chi connectivity index (χ0v) is 14.4. The van der Waals surface area contributed by atoms with E-state index in [0.29, 0.717) is 30.9 Å². The largest absolute Gasteiger partial charge is 0.469 e. The van der Waals surface area contributed by atoms with Gasteiger partial charge in [0, 0.05) is 25.1 Å². The van der Waals surface area contributed by atoms with Crippen LogP contribution < -0.4 is 0 Å². The second-order valence-electron chi connectivity index (χ2n) is 6.20. The van der Waals surface area contributed by atoms with Crippen LogP contribution in [0.3, 0.4) is 0 Å². The van der Waals surface area contributed by atoms with Gasteiger partial charge in [-0.3, -0.25) is 9.59 Å². The third-order valence-corrected chi connectivity index (χ3v) is 4.55. The average molecular weight is 343 g/mol. The lowest BCUT2D eigenvalue weighted by Crippen LogP contribution is -2.39. The Hall–Kier alpha value is -2.77. The number of amides is 1. The number of esters is 1. The lowest BCUT2D eigenvalue weighted by atomic mass is 9.93. The maximum Gasteiger partial charge on any atom is 0.305 e. The molecule has 25 heavy (non-hydrogen) atoms. The van der Waals surface area contributed by atoms with E-state index in [1.54, 1.807) is 23.7 Å². The average Bonchev–Trinajstić information content (AvgIpc) is 3.08. The number of benzene rings is 1. The molecule has 0 radical (unpaired) electrons. The maximum absolute atomic E-state index is 12.8. The first-order chi connectivity index (χ1) is 12.1. The Balaban J connectivity index is 1.66. The summed E-state index contributed by atoms with van der Waals surface area (Å²) >= 11 is 0. The molecule has 1 aromatic carbocycles. The molecule has 1 fully saturated rings. The molecule has 2 heterocycles. The number of carbonyl (C=O) groups is 2. The van der Waals surface area contributed by atoms with E-state index in [0.717, 1.165) is 18.5 Å². The van der Waals surface area contributed by atoms with E-state index in [9.17, 15) is 9.59 Å². The molecule has 1 aliphatic rings. The lowest BCUT2D eigenvalue weighted by molar-refractivity contribution is -0.142. The van der Waals surface area contributed by atoms with Gasteiger partial charge in [-0.05, 0) is 54.3 Å². The van der Waals surface area contributed by atoms with Crippen molar-refractivity contribution in [3.8, 4) is 5.69 Å². The molecule has 1 aliphatic heterocycles. The van der Waals surface area contributed by atoms with Crippen LogP contribution in [0.25, 0.3) is 5.69 Å². The predicted molar refractivity (Wildman–Crippen MR) is 89.2 cm³/mol. The van der Waals surface area contributed by atoms with E-state index in [2.05, 4.69) is 15.5 Å². The second kappa shape index (κ2) is 7.42. The topological polar surface area (TPSA) is 90.2 Å². The van der Waals surface area contributed by atoms with E-state index >= 15 is 0 Å². The van der Waals surface area contributed by atoms with Gasteiger partial charge in [-0.1, -0.05) is 6.07 Å². The number of piperidine rings is 1. The molecule has 1 saturated heterocycles. The summed E-state index contributed by atoms with van der Waals surface area (Å²) < 4.78 is 6.31. The van der Waals surface area contributed by atoms with Crippen molar-refractivity contribution in [3.63, 3.8) is 0 Å². The highest BCUT2D eigenvalue weighted by molar-refractivity contribution is 5.94. The SMILES string of the molecule is COC(=O)CC1CCN(C(=O)c2cccc(-n3nnnc3C)c2)CC1. The Bertz CT molecular complexity index is 765. The van der Waals surface area contributed by atoms with Crippen LogP contribution in [0.15, 0.2) is 24.3 Å². The number of nitrogens with zero attached hydrogens (tertiary/aromatic N) is 5. The van der Waals surface area contributed by atoms with Gasteiger partial charge in [0.15, 0.2) is 5.82 Å². The molecular formula is C17H21N5O3. The Morgan fingerprint density at radius 1 is 1.28 bits per heavy atom. The van der Waals surface area contributed by atoms with E-state index in [-0.39, 0.29) is 17.8 Å². The van der Waals surface area contributed by atoms with Gasteiger partial charge in [-0.15, -0.1) is 5.10 Å². The van der Waals surface area contributed by atoms with E-state index < -0.39 is 0 Å². The highest BCUT2D eigenvalue weighted by Gasteiger charge is 2.25. The lowest BCUT2D eigenvalue weighted by Gasteiger charge is -2.31. The fraction of sp³-hybridized carbons (Fsp3) is 0.471. The number of aryl methyl sites for hydroxylation is 1. The molecule has 132 valence electrons. The van der Waals surface area contributed by atoms with Crippen molar-refractivity contribution >= 4 is 11.9 Å². The van der Waals surface area contributed by atoms with Crippen molar-refractivity contribution in [1.29, 1.82) is 0 Å². The highest BCUT2D eigenvalue weighted by Crippen LogP contribution is 2.22. The number of hydrogen-bond acceptors (Lipinski definition) is 6.